The molecule has 0 saturated heterocycles. The van der Waals surface area contributed by atoms with E-state index in [1.807, 2.05) is 54.6 Å². The van der Waals surface area contributed by atoms with E-state index in [0.29, 0.717) is 17.9 Å². The molecule has 1 atom stereocenters. The number of nitrogens with zero attached hydrogens (tertiary/aromatic N) is 1. The van der Waals surface area contributed by atoms with E-state index in [0.717, 1.165) is 16.7 Å². The maximum atomic E-state index is 14.5. The number of benzene rings is 3. The number of nitrogens with two attached hydrogens (primary N) is 1. The van der Waals surface area contributed by atoms with Crippen LogP contribution in [-0.4, -0.2) is 31.3 Å². The van der Waals surface area contributed by atoms with Gasteiger partial charge in [0.25, 0.3) is 12.5 Å². The summed E-state index contributed by atoms with van der Waals surface area (Å²) in [7, 11) is 1.56. The lowest BCUT2D eigenvalue weighted by Gasteiger charge is -2.25. The van der Waals surface area contributed by atoms with Crippen LogP contribution in [0.15, 0.2) is 77.8 Å². The maximum absolute atomic E-state index is 14.5. The normalized spacial score (nSPS) is 17.2. The van der Waals surface area contributed by atoms with E-state index in [4.69, 9.17) is 25.1 Å². The van der Waals surface area contributed by atoms with Crippen molar-refractivity contribution >= 4 is 12.5 Å². The van der Waals surface area contributed by atoms with Gasteiger partial charge in [0.05, 0.1) is 7.11 Å². The third kappa shape index (κ3) is 4.10. The first-order chi connectivity index (χ1) is 14.5. The molecule has 1 aliphatic rings. The first-order valence-electron chi connectivity index (χ1n) is 9.10. The standard InChI is InChI=1S/C22H19FN2O2.CH2O2/c1-26-18-10-11-20(23)19(13-18)15-6-5-9-17(12-15)22(14-27-21(24)25-22)16-7-3-2-4-8-16;2-1-3/h2-13H,14H2,1H3,(H2,24,25);1H,(H,2,3). The van der Waals surface area contributed by atoms with Gasteiger partial charge in [0.15, 0.2) is 5.54 Å². The van der Waals surface area contributed by atoms with Crippen molar-refractivity contribution in [3.63, 3.8) is 0 Å². The molecule has 154 valence electrons. The molecule has 1 unspecified atom stereocenters. The predicted octanol–water partition coefficient (Wildman–Crippen LogP) is 3.79. The second-order valence-corrected chi connectivity index (χ2v) is 6.50. The highest BCUT2D eigenvalue weighted by Crippen LogP contribution is 2.39. The zero-order valence-electron chi connectivity index (χ0n) is 16.3. The zero-order chi connectivity index (χ0) is 21.6. The predicted molar refractivity (Wildman–Crippen MR) is 112 cm³/mol. The van der Waals surface area contributed by atoms with Gasteiger partial charge >= 0.3 is 0 Å². The highest BCUT2D eigenvalue weighted by atomic mass is 19.1. The van der Waals surface area contributed by atoms with E-state index < -0.39 is 5.54 Å². The van der Waals surface area contributed by atoms with E-state index in [9.17, 15) is 4.39 Å². The molecule has 1 aliphatic heterocycles. The molecule has 1 heterocycles. The molecule has 30 heavy (non-hydrogen) atoms. The van der Waals surface area contributed by atoms with Crippen LogP contribution >= 0.6 is 0 Å². The summed E-state index contributed by atoms with van der Waals surface area (Å²) < 4.78 is 25.2. The monoisotopic (exact) mass is 408 g/mol. The number of carbonyl (C=O) groups is 1. The Morgan fingerprint density at radius 3 is 2.43 bits per heavy atom. The number of hydrogen-bond acceptors (Lipinski definition) is 5. The Balaban J connectivity index is 0.000000806. The number of carboxylic acid groups (broad SMARTS) is 1. The van der Waals surface area contributed by atoms with Crippen molar-refractivity contribution in [2.75, 3.05) is 13.7 Å². The molecule has 0 radical (unpaired) electrons. The topological polar surface area (TPSA) is 94.1 Å². The molecule has 0 bridgehead atoms. The first-order valence-corrected chi connectivity index (χ1v) is 9.10. The second kappa shape index (κ2) is 9.09. The van der Waals surface area contributed by atoms with Crippen molar-refractivity contribution in [2.45, 2.75) is 5.54 Å². The van der Waals surface area contributed by atoms with Gasteiger partial charge in [0.2, 0.25) is 0 Å². The Bertz CT molecular complexity index is 1060. The smallest absolute Gasteiger partial charge is 0.290 e. The van der Waals surface area contributed by atoms with Gasteiger partial charge in [-0.25, -0.2) is 9.38 Å². The molecule has 0 spiro atoms. The molecule has 3 aromatic carbocycles. The quantitative estimate of drug-likeness (QED) is 0.641. The molecule has 0 amide bonds. The van der Waals surface area contributed by atoms with Crippen LogP contribution in [0.3, 0.4) is 0 Å². The molecular formula is C23H21FN2O4. The van der Waals surface area contributed by atoms with Gasteiger partial charge in [-0.2, -0.15) is 0 Å². The SMILES string of the molecule is COc1ccc(F)c(-c2cccc(C3(c4ccccc4)COC(N)=N3)c2)c1.O=CO. The fraction of sp³-hybridized carbons (Fsp3) is 0.130. The van der Waals surface area contributed by atoms with Crippen LogP contribution in [0, 0.1) is 5.82 Å². The fourth-order valence-electron chi connectivity index (χ4n) is 3.40. The van der Waals surface area contributed by atoms with E-state index >= 15 is 0 Å². The Labute approximate surface area is 173 Å². The van der Waals surface area contributed by atoms with Gasteiger partial charge in [-0.3, -0.25) is 4.79 Å². The van der Waals surface area contributed by atoms with Crippen molar-refractivity contribution in [1.82, 2.24) is 0 Å². The van der Waals surface area contributed by atoms with Gasteiger partial charge in [0, 0.05) is 5.56 Å². The van der Waals surface area contributed by atoms with Crippen molar-refractivity contribution in [3.05, 3.63) is 89.7 Å². The summed E-state index contributed by atoms with van der Waals surface area (Å²) in [6.07, 6.45) is 0. The van der Waals surface area contributed by atoms with E-state index in [1.54, 1.807) is 19.2 Å². The van der Waals surface area contributed by atoms with Crippen LogP contribution in [0.4, 0.5) is 4.39 Å². The highest BCUT2D eigenvalue weighted by molar-refractivity contribution is 5.76. The lowest BCUT2D eigenvalue weighted by atomic mass is 9.83. The van der Waals surface area contributed by atoms with Gasteiger partial charge < -0.3 is 20.3 Å². The second-order valence-electron chi connectivity index (χ2n) is 6.50. The minimum absolute atomic E-state index is 0.150. The summed E-state index contributed by atoms with van der Waals surface area (Å²) in [5.41, 5.74) is 8.15. The largest absolute Gasteiger partial charge is 0.497 e. The van der Waals surface area contributed by atoms with Crippen LogP contribution in [-0.2, 0) is 15.1 Å². The molecule has 0 aliphatic carbocycles. The van der Waals surface area contributed by atoms with Crippen molar-refractivity contribution < 1.29 is 23.8 Å². The number of hydrogen-bond donors (Lipinski definition) is 2. The molecule has 0 saturated carbocycles. The minimum Gasteiger partial charge on any atom is -0.497 e. The van der Waals surface area contributed by atoms with Crippen LogP contribution in [0.25, 0.3) is 11.1 Å². The number of rotatable bonds is 4. The van der Waals surface area contributed by atoms with Gasteiger partial charge in [-0.05, 0) is 41.0 Å². The van der Waals surface area contributed by atoms with Crippen LogP contribution in [0.5, 0.6) is 5.75 Å². The summed E-state index contributed by atoms with van der Waals surface area (Å²) >= 11 is 0. The molecular weight excluding hydrogens is 387 g/mol. The number of methoxy groups -OCH3 is 1. The Morgan fingerprint density at radius 2 is 1.80 bits per heavy atom. The Hall–Kier alpha value is -3.87. The van der Waals surface area contributed by atoms with Crippen molar-refractivity contribution in [3.8, 4) is 16.9 Å². The Morgan fingerprint density at radius 1 is 1.10 bits per heavy atom. The van der Waals surface area contributed by atoms with Crippen LogP contribution in [0.2, 0.25) is 0 Å². The molecule has 0 fully saturated rings. The summed E-state index contributed by atoms with van der Waals surface area (Å²) in [6.45, 7) is 0.0485. The Kier molecular flexibility index (Phi) is 6.32. The molecule has 6 nitrogen and oxygen atoms in total. The summed E-state index contributed by atoms with van der Waals surface area (Å²) in [6, 6.07) is 22.3. The molecule has 0 aromatic heterocycles. The lowest BCUT2D eigenvalue weighted by Crippen LogP contribution is -2.27. The number of aliphatic imine (C=N–C) groups is 1. The minimum atomic E-state index is -0.753. The number of halogens is 1. The highest BCUT2D eigenvalue weighted by Gasteiger charge is 2.40. The summed E-state index contributed by atoms with van der Waals surface area (Å²) in [4.78, 5) is 13.0. The van der Waals surface area contributed by atoms with E-state index in [-0.39, 0.29) is 18.3 Å². The number of ether oxygens (including phenoxy) is 2. The number of amidine groups is 1. The third-order valence-electron chi connectivity index (χ3n) is 4.81. The van der Waals surface area contributed by atoms with E-state index in [2.05, 4.69) is 4.99 Å². The van der Waals surface area contributed by atoms with Crippen LogP contribution in [0.1, 0.15) is 11.1 Å². The summed E-state index contributed by atoms with van der Waals surface area (Å²) in [5.74, 6) is 0.286. The lowest BCUT2D eigenvalue weighted by molar-refractivity contribution is -0.122. The fourth-order valence-corrected chi connectivity index (χ4v) is 3.40. The molecule has 3 N–H and O–H groups in total. The van der Waals surface area contributed by atoms with Gasteiger partial charge in [-0.1, -0.05) is 48.5 Å². The van der Waals surface area contributed by atoms with Crippen molar-refractivity contribution in [1.29, 1.82) is 0 Å². The molecule has 7 heteroatoms. The van der Waals surface area contributed by atoms with Gasteiger partial charge in [0.1, 0.15) is 18.2 Å². The zero-order valence-corrected chi connectivity index (χ0v) is 16.3. The average molecular weight is 408 g/mol. The van der Waals surface area contributed by atoms with Crippen molar-refractivity contribution in [2.24, 2.45) is 10.7 Å². The summed E-state index contributed by atoms with van der Waals surface area (Å²) in [5, 5.41) is 6.89. The van der Waals surface area contributed by atoms with Crippen LogP contribution < -0.4 is 10.5 Å². The maximum Gasteiger partial charge on any atom is 0.290 e. The average Bonchev–Trinajstić information content (AvgIpc) is 3.18. The molecule has 3 aromatic rings. The van der Waals surface area contributed by atoms with Gasteiger partial charge in [-0.15, -0.1) is 0 Å². The van der Waals surface area contributed by atoms with E-state index in [1.165, 1.54) is 6.07 Å². The first kappa shape index (κ1) is 20.9. The molecule has 4 rings (SSSR count). The third-order valence-corrected chi connectivity index (χ3v) is 4.81.